The molecule has 1 aliphatic carbocycles. The highest BCUT2D eigenvalue weighted by atomic mass is 16.5. The third-order valence-electron chi connectivity index (χ3n) is 5.67. The lowest BCUT2D eigenvalue weighted by Gasteiger charge is -2.32. The van der Waals surface area contributed by atoms with Crippen molar-refractivity contribution in [1.29, 1.82) is 0 Å². The van der Waals surface area contributed by atoms with Crippen LogP contribution in [0.5, 0.6) is 11.5 Å². The summed E-state index contributed by atoms with van der Waals surface area (Å²) in [6, 6.07) is 3.93. The number of hydrogen-bond acceptors (Lipinski definition) is 4. The molecule has 2 amide bonds. The predicted octanol–water partition coefficient (Wildman–Crippen LogP) is 2.68. The molecule has 0 saturated heterocycles. The van der Waals surface area contributed by atoms with E-state index in [1.807, 2.05) is 17.0 Å². The number of hydrogen-bond donors (Lipinski definition) is 1. The summed E-state index contributed by atoms with van der Waals surface area (Å²) in [5.41, 5.74) is 1.40. The molecule has 1 aromatic carbocycles. The topological polar surface area (TPSA) is 67.9 Å². The van der Waals surface area contributed by atoms with E-state index < -0.39 is 5.41 Å². The second kappa shape index (κ2) is 8.19. The van der Waals surface area contributed by atoms with E-state index in [-0.39, 0.29) is 11.8 Å². The van der Waals surface area contributed by atoms with Crippen molar-refractivity contribution < 1.29 is 19.1 Å². The molecule has 0 aromatic heterocycles. The van der Waals surface area contributed by atoms with Gasteiger partial charge < -0.3 is 19.7 Å². The van der Waals surface area contributed by atoms with Crippen molar-refractivity contribution in [2.24, 2.45) is 5.41 Å². The van der Waals surface area contributed by atoms with Gasteiger partial charge in [-0.15, -0.1) is 0 Å². The molecule has 0 spiro atoms. The largest absolute Gasteiger partial charge is 0.493 e. The van der Waals surface area contributed by atoms with E-state index in [0.717, 1.165) is 31.2 Å². The average Bonchev–Trinajstić information content (AvgIpc) is 3.51. The van der Waals surface area contributed by atoms with Gasteiger partial charge in [0.25, 0.3) is 0 Å². The standard InChI is InChI=1S/C21H30N2O4/c1-4-5-6-10-22-19(24)21(8-9-21)20(25)23-11-7-15-12-17(26-2)18(27-3)13-16(15)14-23/h12-13H,4-11,14H2,1-3H3,(H,22,24). The second-order valence-corrected chi connectivity index (χ2v) is 7.50. The summed E-state index contributed by atoms with van der Waals surface area (Å²) in [6.07, 6.45) is 5.24. The minimum absolute atomic E-state index is 0.0315. The van der Waals surface area contributed by atoms with E-state index in [1.54, 1.807) is 14.2 Å². The van der Waals surface area contributed by atoms with Crippen molar-refractivity contribution in [1.82, 2.24) is 10.2 Å². The maximum Gasteiger partial charge on any atom is 0.238 e. The first kappa shape index (κ1) is 19.5. The highest BCUT2D eigenvalue weighted by Crippen LogP contribution is 2.48. The van der Waals surface area contributed by atoms with Crippen LogP contribution in [0.2, 0.25) is 0 Å². The Morgan fingerprint density at radius 1 is 1.11 bits per heavy atom. The van der Waals surface area contributed by atoms with Crippen LogP contribution < -0.4 is 14.8 Å². The van der Waals surface area contributed by atoms with Gasteiger partial charge in [0, 0.05) is 19.6 Å². The molecular weight excluding hydrogens is 344 g/mol. The highest BCUT2D eigenvalue weighted by Gasteiger charge is 2.58. The van der Waals surface area contributed by atoms with Crippen LogP contribution in [0.4, 0.5) is 0 Å². The van der Waals surface area contributed by atoms with Crippen LogP contribution in [0.3, 0.4) is 0 Å². The van der Waals surface area contributed by atoms with Crippen LogP contribution in [0.25, 0.3) is 0 Å². The molecule has 0 radical (unpaired) electrons. The van der Waals surface area contributed by atoms with Crippen LogP contribution in [0, 0.1) is 5.41 Å². The summed E-state index contributed by atoms with van der Waals surface area (Å²) in [7, 11) is 3.23. The Bertz CT molecular complexity index is 712. The number of methoxy groups -OCH3 is 2. The van der Waals surface area contributed by atoms with Crippen LogP contribution in [-0.4, -0.2) is 44.0 Å². The average molecular weight is 374 g/mol. The lowest BCUT2D eigenvalue weighted by molar-refractivity contribution is -0.145. The van der Waals surface area contributed by atoms with Gasteiger partial charge in [0.1, 0.15) is 5.41 Å². The fraction of sp³-hybridized carbons (Fsp3) is 0.619. The van der Waals surface area contributed by atoms with Crippen LogP contribution >= 0.6 is 0 Å². The van der Waals surface area contributed by atoms with Gasteiger partial charge in [-0.05, 0) is 48.9 Å². The van der Waals surface area contributed by atoms with Crippen molar-refractivity contribution in [2.75, 3.05) is 27.3 Å². The number of nitrogens with one attached hydrogen (secondary N) is 1. The number of carbonyl (C=O) groups is 2. The number of benzene rings is 1. The molecule has 27 heavy (non-hydrogen) atoms. The summed E-state index contributed by atoms with van der Waals surface area (Å²) in [5, 5.41) is 2.97. The summed E-state index contributed by atoms with van der Waals surface area (Å²) in [6.45, 7) is 3.93. The van der Waals surface area contributed by atoms with E-state index in [2.05, 4.69) is 12.2 Å². The van der Waals surface area contributed by atoms with E-state index >= 15 is 0 Å². The van der Waals surface area contributed by atoms with E-state index in [4.69, 9.17) is 9.47 Å². The lowest BCUT2D eigenvalue weighted by Crippen LogP contribution is -2.47. The number of rotatable bonds is 8. The molecule has 3 rings (SSSR count). The first-order chi connectivity index (χ1) is 13.1. The van der Waals surface area contributed by atoms with Gasteiger partial charge in [-0.25, -0.2) is 0 Å². The number of carbonyl (C=O) groups excluding carboxylic acids is 2. The fourth-order valence-electron chi connectivity index (χ4n) is 3.77. The molecule has 0 bridgehead atoms. The van der Waals surface area contributed by atoms with Gasteiger partial charge >= 0.3 is 0 Å². The molecule has 6 nitrogen and oxygen atoms in total. The van der Waals surface area contributed by atoms with E-state index in [9.17, 15) is 9.59 Å². The molecule has 0 unspecified atom stereocenters. The maximum atomic E-state index is 13.1. The Morgan fingerprint density at radius 2 is 1.78 bits per heavy atom. The molecule has 6 heteroatoms. The zero-order valence-electron chi connectivity index (χ0n) is 16.6. The van der Waals surface area contributed by atoms with Crippen molar-refractivity contribution in [3.05, 3.63) is 23.3 Å². The lowest BCUT2D eigenvalue weighted by atomic mass is 9.96. The van der Waals surface area contributed by atoms with Crippen LogP contribution in [-0.2, 0) is 22.6 Å². The number of nitrogens with zero attached hydrogens (tertiary/aromatic N) is 1. The van der Waals surface area contributed by atoms with Gasteiger partial charge in [0.2, 0.25) is 11.8 Å². The minimum Gasteiger partial charge on any atom is -0.493 e. The van der Waals surface area contributed by atoms with E-state index in [1.165, 1.54) is 5.56 Å². The van der Waals surface area contributed by atoms with Gasteiger partial charge in [0.15, 0.2) is 11.5 Å². The normalized spacial score (nSPS) is 17.1. The molecule has 1 aliphatic heterocycles. The Kier molecular flexibility index (Phi) is 5.92. The van der Waals surface area contributed by atoms with Crippen molar-refractivity contribution in [2.45, 2.75) is 52.0 Å². The number of fused-ring (bicyclic) bond motifs is 1. The Balaban J connectivity index is 1.67. The Labute approximate surface area is 161 Å². The smallest absolute Gasteiger partial charge is 0.238 e. The second-order valence-electron chi connectivity index (χ2n) is 7.50. The van der Waals surface area contributed by atoms with Crippen molar-refractivity contribution >= 4 is 11.8 Å². The number of ether oxygens (including phenoxy) is 2. The SMILES string of the molecule is CCCCCNC(=O)C1(C(=O)N2CCc3cc(OC)c(OC)cc3C2)CC1. The third-order valence-corrected chi connectivity index (χ3v) is 5.67. The Morgan fingerprint density at radius 3 is 2.37 bits per heavy atom. The third kappa shape index (κ3) is 3.89. The molecule has 0 atom stereocenters. The first-order valence-electron chi connectivity index (χ1n) is 9.87. The summed E-state index contributed by atoms with van der Waals surface area (Å²) >= 11 is 0. The van der Waals surface area contributed by atoms with Gasteiger partial charge in [0.05, 0.1) is 14.2 Å². The monoisotopic (exact) mass is 374 g/mol. The Hall–Kier alpha value is -2.24. The molecule has 1 heterocycles. The summed E-state index contributed by atoms with van der Waals surface area (Å²) < 4.78 is 10.8. The molecule has 1 fully saturated rings. The van der Waals surface area contributed by atoms with E-state index in [0.29, 0.717) is 44.0 Å². The zero-order valence-corrected chi connectivity index (χ0v) is 16.6. The number of unbranched alkanes of at least 4 members (excludes halogenated alkanes) is 2. The fourth-order valence-corrected chi connectivity index (χ4v) is 3.77. The summed E-state index contributed by atoms with van der Waals surface area (Å²) in [5.74, 6) is 1.25. The van der Waals surface area contributed by atoms with Gasteiger partial charge in [-0.3, -0.25) is 9.59 Å². The molecular formula is C21H30N2O4. The van der Waals surface area contributed by atoms with Crippen LogP contribution in [0.1, 0.15) is 50.2 Å². The van der Waals surface area contributed by atoms with Gasteiger partial charge in [-0.2, -0.15) is 0 Å². The minimum atomic E-state index is -0.833. The van der Waals surface area contributed by atoms with Crippen molar-refractivity contribution in [3.8, 4) is 11.5 Å². The molecule has 1 aromatic rings. The van der Waals surface area contributed by atoms with Crippen LogP contribution in [0.15, 0.2) is 12.1 Å². The van der Waals surface area contributed by atoms with Gasteiger partial charge in [-0.1, -0.05) is 19.8 Å². The maximum absolute atomic E-state index is 13.1. The summed E-state index contributed by atoms with van der Waals surface area (Å²) in [4.78, 5) is 27.5. The van der Waals surface area contributed by atoms with Crippen molar-refractivity contribution in [3.63, 3.8) is 0 Å². The quantitative estimate of drug-likeness (QED) is 0.561. The predicted molar refractivity (Wildman–Crippen MR) is 103 cm³/mol. The molecule has 1 saturated carbocycles. The molecule has 148 valence electrons. The number of amides is 2. The molecule has 2 aliphatic rings. The first-order valence-corrected chi connectivity index (χ1v) is 9.87. The highest BCUT2D eigenvalue weighted by molar-refractivity contribution is 6.07. The molecule has 1 N–H and O–H groups in total. The zero-order chi connectivity index (χ0) is 19.4.